The van der Waals surface area contributed by atoms with Gasteiger partial charge in [0.05, 0.1) is 11.9 Å². The molecule has 1 saturated carbocycles. The van der Waals surface area contributed by atoms with Crippen LogP contribution < -0.4 is 5.32 Å². The molecule has 3 rings (SSSR count). The maximum absolute atomic E-state index is 4.68. The van der Waals surface area contributed by atoms with Crippen molar-refractivity contribution in [3.63, 3.8) is 0 Å². The molecular formula is C18H22N4. The predicted octanol–water partition coefficient (Wildman–Crippen LogP) is 4.09. The minimum atomic E-state index is 0.823. The molecule has 0 radical (unpaired) electrons. The van der Waals surface area contributed by atoms with Gasteiger partial charge < -0.3 is 5.32 Å². The van der Waals surface area contributed by atoms with E-state index in [9.17, 15) is 0 Å². The van der Waals surface area contributed by atoms with Crippen LogP contribution in [0.25, 0.3) is 11.2 Å². The molecule has 0 bridgehead atoms. The van der Waals surface area contributed by atoms with E-state index < -0.39 is 0 Å². The Hall–Kier alpha value is -2.36. The number of aromatic nitrogens is 3. The van der Waals surface area contributed by atoms with Gasteiger partial charge in [0.1, 0.15) is 5.82 Å². The number of hydrogen-bond donors (Lipinski definition) is 1. The van der Waals surface area contributed by atoms with Crippen LogP contribution in [-0.4, -0.2) is 21.1 Å². The second-order valence-electron chi connectivity index (χ2n) is 5.88. The zero-order chi connectivity index (χ0) is 15.5. The van der Waals surface area contributed by atoms with Gasteiger partial charge in [0.2, 0.25) is 0 Å². The largest absolute Gasteiger partial charge is 0.368 e. The first-order valence-electron chi connectivity index (χ1n) is 7.76. The third-order valence-electron chi connectivity index (χ3n) is 3.79. The van der Waals surface area contributed by atoms with Crippen LogP contribution in [0, 0.1) is 5.92 Å². The molecule has 0 aliphatic heterocycles. The number of rotatable bonds is 6. The van der Waals surface area contributed by atoms with Crippen molar-refractivity contribution in [3.05, 3.63) is 54.4 Å². The summed E-state index contributed by atoms with van der Waals surface area (Å²) in [6.07, 6.45) is 10.7. The summed E-state index contributed by atoms with van der Waals surface area (Å²) in [5, 5.41) is 8.09. The third-order valence-corrected chi connectivity index (χ3v) is 3.79. The van der Waals surface area contributed by atoms with Crippen LogP contribution in [0.4, 0.5) is 5.82 Å². The molecule has 0 atom stereocenters. The van der Waals surface area contributed by atoms with E-state index >= 15 is 0 Å². The fourth-order valence-corrected chi connectivity index (χ4v) is 2.30. The highest BCUT2D eigenvalue weighted by atomic mass is 15.3. The average molecular weight is 294 g/mol. The van der Waals surface area contributed by atoms with Crippen molar-refractivity contribution in [2.24, 2.45) is 5.92 Å². The predicted molar refractivity (Wildman–Crippen MR) is 91.8 cm³/mol. The highest BCUT2D eigenvalue weighted by Crippen LogP contribution is 2.28. The van der Waals surface area contributed by atoms with Crippen molar-refractivity contribution in [2.45, 2.75) is 26.7 Å². The molecule has 1 aliphatic carbocycles. The molecule has 1 N–H and O–H groups in total. The summed E-state index contributed by atoms with van der Waals surface area (Å²) in [6.45, 7) is 8.92. The standard InChI is InChI=1S/C18H22N4/c1-4-15(8-5-13(2)3)16-12-20-18-10-9-17(21-22(16)18)19-11-14-6-7-14/h4-5,8-10,12,14H,2,6-7,11H2,1,3H3,(H,19,21)/b8-5-,15-4+. The lowest BCUT2D eigenvalue weighted by Crippen LogP contribution is -2.07. The lowest BCUT2D eigenvalue weighted by molar-refractivity contribution is 0.857. The van der Waals surface area contributed by atoms with Gasteiger partial charge in [0, 0.05) is 6.54 Å². The van der Waals surface area contributed by atoms with E-state index in [1.54, 1.807) is 0 Å². The maximum Gasteiger partial charge on any atom is 0.154 e. The van der Waals surface area contributed by atoms with E-state index in [0.29, 0.717) is 0 Å². The zero-order valence-corrected chi connectivity index (χ0v) is 13.2. The number of hydrogen-bond acceptors (Lipinski definition) is 3. The Bertz CT molecular complexity index is 748. The molecule has 1 aliphatic rings. The van der Waals surface area contributed by atoms with Crippen molar-refractivity contribution in [2.75, 3.05) is 11.9 Å². The van der Waals surface area contributed by atoms with Crippen molar-refractivity contribution >= 4 is 17.0 Å². The molecule has 0 saturated heterocycles. The Balaban J connectivity index is 1.90. The Kier molecular flexibility index (Phi) is 4.09. The normalized spacial score (nSPS) is 15.6. The first kappa shape index (κ1) is 14.6. The summed E-state index contributed by atoms with van der Waals surface area (Å²) in [4.78, 5) is 4.44. The lowest BCUT2D eigenvalue weighted by atomic mass is 10.1. The minimum absolute atomic E-state index is 0.823. The number of nitrogens with zero attached hydrogens (tertiary/aromatic N) is 3. The van der Waals surface area contributed by atoms with E-state index in [1.807, 2.05) is 42.8 Å². The third kappa shape index (κ3) is 3.27. The van der Waals surface area contributed by atoms with Gasteiger partial charge in [-0.05, 0) is 50.3 Å². The van der Waals surface area contributed by atoms with Gasteiger partial charge in [0.25, 0.3) is 0 Å². The number of anilines is 1. The fraction of sp³-hybridized carbons (Fsp3) is 0.333. The molecule has 1 fully saturated rings. The maximum atomic E-state index is 4.68. The molecule has 2 aromatic heterocycles. The highest BCUT2D eigenvalue weighted by molar-refractivity contribution is 5.73. The Morgan fingerprint density at radius 2 is 2.23 bits per heavy atom. The number of nitrogens with one attached hydrogen (secondary N) is 1. The van der Waals surface area contributed by atoms with Crippen molar-refractivity contribution in [1.29, 1.82) is 0 Å². The molecule has 2 heterocycles. The van der Waals surface area contributed by atoms with Gasteiger partial charge in [-0.15, -0.1) is 5.10 Å². The molecule has 0 unspecified atom stereocenters. The molecule has 0 amide bonds. The number of fused-ring (bicyclic) bond motifs is 1. The van der Waals surface area contributed by atoms with Gasteiger partial charge in [-0.3, -0.25) is 0 Å². The molecule has 22 heavy (non-hydrogen) atoms. The van der Waals surface area contributed by atoms with Gasteiger partial charge >= 0.3 is 0 Å². The number of allylic oxidation sites excluding steroid dienone is 5. The Morgan fingerprint density at radius 1 is 1.41 bits per heavy atom. The molecule has 4 nitrogen and oxygen atoms in total. The second kappa shape index (κ2) is 6.18. The number of imidazole rings is 1. The quantitative estimate of drug-likeness (QED) is 0.816. The fourth-order valence-electron chi connectivity index (χ4n) is 2.30. The molecule has 0 spiro atoms. The van der Waals surface area contributed by atoms with E-state index in [2.05, 4.69) is 34.1 Å². The van der Waals surface area contributed by atoms with Crippen LogP contribution in [0.5, 0.6) is 0 Å². The minimum Gasteiger partial charge on any atom is -0.368 e. The zero-order valence-electron chi connectivity index (χ0n) is 13.2. The Morgan fingerprint density at radius 3 is 2.91 bits per heavy atom. The lowest BCUT2D eigenvalue weighted by Gasteiger charge is -2.06. The first-order valence-corrected chi connectivity index (χ1v) is 7.76. The smallest absolute Gasteiger partial charge is 0.154 e. The van der Waals surface area contributed by atoms with Gasteiger partial charge in [-0.2, -0.15) is 0 Å². The summed E-state index contributed by atoms with van der Waals surface area (Å²) < 4.78 is 1.90. The van der Waals surface area contributed by atoms with Crippen LogP contribution >= 0.6 is 0 Å². The van der Waals surface area contributed by atoms with E-state index in [1.165, 1.54) is 12.8 Å². The van der Waals surface area contributed by atoms with Crippen LogP contribution in [0.2, 0.25) is 0 Å². The topological polar surface area (TPSA) is 42.2 Å². The second-order valence-corrected chi connectivity index (χ2v) is 5.88. The summed E-state index contributed by atoms with van der Waals surface area (Å²) in [7, 11) is 0. The van der Waals surface area contributed by atoms with E-state index in [0.717, 1.165) is 40.8 Å². The van der Waals surface area contributed by atoms with Gasteiger partial charge in [-0.1, -0.05) is 30.4 Å². The van der Waals surface area contributed by atoms with Crippen molar-refractivity contribution < 1.29 is 0 Å². The highest BCUT2D eigenvalue weighted by Gasteiger charge is 2.20. The first-order chi connectivity index (χ1) is 10.7. The summed E-state index contributed by atoms with van der Waals surface area (Å²) in [5.41, 5.74) is 3.95. The summed E-state index contributed by atoms with van der Waals surface area (Å²) in [5.74, 6) is 1.72. The summed E-state index contributed by atoms with van der Waals surface area (Å²) >= 11 is 0. The Labute approximate surface area is 131 Å². The van der Waals surface area contributed by atoms with Gasteiger partial charge in [-0.25, -0.2) is 9.50 Å². The van der Waals surface area contributed by atoms with E-state index in [4.69, 9.17) is 0 Å². The average Bonchev–Trinajstić information content (AvgIpc) is 3.25. The molecular weight excluding hydrogens is 272 g/mol. The molecule has 2 aromatic rings. The molecule has 114 valence electrons. The molecule has 4 heteroatoms. The van der Waals surface area contributed by atoms with Crippen LogP contribution in [0.15, 0.2) is 48.7 Å². The SMILES string of the molecule is C=C(C)/C=C\C(=C/C)c1cnc2ccc(NCC3CC3)nn12. The van der Waals surface area contributed by atoms with Crippen molar-refractivity contribution in [1.82, 2.24) is 14.6 Å². The monoisotopic (exact) mass is 294 g/mol. The van der Waals surface area contributed by atoms with Crippen LogP contribution in [0.3, 0.4) is 0 Å². The summed E-state index contributed by atoms with van der Waals surface area (Å²) in [6, 6.07) is 4.00. The van der Waals surface area contributed by atoms with Crippen LogP contribution in [0.1, 0.15) is 32.4 Å². The molecule has 0 aromatic carbocycles. The van der Waals surface area contributed by atoms with Crippen LogP contribution in [-0.2, 0) is 0 Å². The van der Waals surface area contributed by atoms with Crippen molar-refractivity contribution in [3.8, 4) is 0 Å². The van der Waals surface area contributed by atoms with Gasteiger partial charge in [0.15, 0.2) is 5.65 Å². The van der Waals surface area contributed by atoms with E-state index in [-0.39, 0.29) is 0 Å².